The third-order valence-corrected chi connectivity index (χ3v) is 3.85. The van der Waals surface area contributed by atoms with E-state index >= 15 is 0 Å². The molecular formula is C15H10BF3N2. The van der Waals surface area contributed by atoms with Crippen molar-refractivity contribution in [1.82, 2.24) is 4.48 Å². The highest BCUT2D eigenvalue weighted by atomic mass is 19.2. The van der Waals surface area contributed by atoms with Gasteiger partial charge in [0.25, 0.3) is 0 Å². The molecule has 0 N–H and O–H groups in total. The lowest BCUT2D eigenvalue weighted by atomic mass is 9.86. The molecule has 0 atom stereocenters. The van der Waals surface area contributed by atoms with E-state index in [0.29, 0.717) is 22.5 Å². The summed E-state index contributed by atoms with van der Waals surface area (Å²) < 4.78 is 44.5. The Morgan fingerprint density at radius 2 is 1.95 bits per heavy atom. The van der Waals surface area contributed by atoms with E-state index < -0.39 is 6.97 Å². The van der Waals surface area contributed by atoms with Crippen LogP contribution in [-0.4, -0.2) is 22.1 Å². The first-order chi connectivity index (χ1) is 10.1. The van der Waals surface area contributed by atoms with Crippen LogP contribution in [0.5, 0.6) is 0 Å². The molecule has 0 saturated carbocycles. The zero-order valence-electron chi connectivity index (χ0n) is 10.9. The van der Waals surface area contributed by atoms with Gasteiger partial charge in [0.15, 0.2) is 5.70 Å². The van der Waals surface area contributed by atoms with Crippen molar-refractivity contribution in [1.29, 1.82) is 0 Å². The van der Waals surface area contributed by atoms with Crippen LogP contribution in [0.25, 0.3) is 5.57 Å². The molecule has 0 bridgehead atoms. The highest BCUT2D eigenvalue weighted by Crippen LogP contribution is 2.38. The second kappa shape index (κ2) is 4.01. The second-order valence-corrected chi connectivity index (χ2v) is 5.08. The van der Waals surface area contributed by atoms with Crippen molar-refractivity contribution in [2.24, 2.45) is 0 Å². The monoisotopic (exact) mass is 286 g/mol. The second-order valence-electron chi connectivity index (χ2n) is 5.08. The number of fused-ring (bicyclic) bond motifs is 2. The molecule has 0 radical (unpaired) electrons. The highest BCUT2D eigenvalue weighted by Gasteiger charge is 2.51. The van der Waals surface area contributed by atoms with Crippen molar-refractivity contribution in [2.45, 2.75) is 0 Å². The smallest absolute Gasteiger partial charge is 0.396 e. The van der Waals surface area contributed by atoms with E-state index in [-0.39, 0.29) is 5.82 Å². The van der Waals surface area contributed by atoms with Gasteiger partial charge in [-0.2, -0.15) is 0 Å². The molecule has 1 aromatic carbocycles. The van der Waals surface area contributed by atoms with Crippen molar-refractivity contribution in [3.8, 4) is 0 Å². The average Bonchev–Trinajstić information content (AvgIpc) is 3.08. The number of halogens is 3. The Bertz CT molecular complexity index is 846. The first-order valence-corrected chi connectivity index (χ1v) is 6.59. The maximum absolute atomic E-state index is 14.5. The van der Waals surface area contributed by atoms with Crippen molar-refractivity contribution in [3.63, 3.8) is 0 Å². The molecule has 0 amide bonds. The molecule has 4 rings (SSSR count). The summed E-state index contributed by atoms with van der Waals surface area (Å²) in [4.78, 5) is 0. The Hall–Kier alpha value is -2.50. The minimum absolute atomic E-state index is 0.390. The summed E-state index contributed by atoms with van der Waals surface area (Å²) in [6, 6.07) is 9.22. The minimum Gasteiger partial charge on any atom is -0.396 e. The zero-order chi connectivity index (χ0) is 14.6. The summed E-state index contributed by atoms with van der Waals surface area (Å²) in [5.41, 5.74) is 1.99. The molecule has 2 aliphatic heterocycles. The van der Waals surface area contributed by atoms with E-state index in [1.807, 2.05) is 0 Å². The maximum Gasteiger partial charge on any atom is 0.737 e. The molecule has 0 unspecified atom stereocenters. The number of hydrogen-bond donors (Lipinski definition) is 0. The Kier molecular flexibility index (Phi) is 2.34. The van der Waals surface area contributed by atoms with E-state index in [0.717, 1.165) is 8.96 Å². The largest absolute Gasteiger partial charge is 0.737 e. The van der Waals surface area contributed by atoms with Gasteiger partial charge in [-0.05, 0) is 36.0 Å². The van der Waals surface area contributed by atoms with Gasteiger partial charge in [-0.1, -0.05) is 12.1 Å². The Labute approximate surface area is 119 Å². The number of benzene rings is 1. The molecule has 2 aliphatic rings. The molecule has 3 heterocycles. The van der Waals surface area contributed by atoms with Crippen LogP contribution in [0.1, 0.15) is 11.3 Å². The lowest BCUT2D eigenvalue weighted by Gasteiger charge is -2.30. The van der Waals surface area contributed by atoms with Gasteiger partial charge >= 0.3 is 6.97 Å². The van der Waals surface area contributed by atoms with Gasteiger partial charge in [0, 0.05) is 17.8 Å². The highest BCUT2D eigenvalue weighted by molar-refractivity contribution is 6.57. The van der Waals surface area contributed by atoms with Crippen LogP contribution < -0.4 is 0 Å². The fourth-order valence-corrected chi connectivity index (χ4v) is 2.96. The predicted molar refractivity (Wildman–Crippen MR) is 75.7 cm³/mol. The number of hydrogen-bond acceptors (Lipinski definition) is 0. The van der Waals surface area contributed by atoms with E-state index in [1.54, 1.807) is 36.4 Å². The standard InChI is InChI=1S/C15H10BF3N2/c17-12-5-1-4-11(10-12)15-13-6-2-8-20(13)16(18,19)21-9-3-7-14(15)21/h1-10H. The summed E-state index contributed by atoms with van der Waals surface area (Å²) in [5, 5.41) is 0. The van der Waals surface area contributed by atoms with Gasteiger partial charge in [0.1, 0.15) is 12.0 Å². The molecule has 6 heteroatoms. The first kappa shape index (κ1) is 12.3. The van der Waals surface area contributed by atoms with Gasteiger partial charge in [-0.25, -0.2) is 4.39 Å². The SMILES string of the molecule is Fc1cccc(C2=C3C=CC=[N+]3[B-](F)(F)n3cccc32)c1. The first-order valence-electron chi connectivity index (χ1n) is 6.59. The molecule has 0 aliphatic carbocycles. The third-order valence-electron chi connectivity index (χ3n) is 3.85. The van der Waals surface area contributed by atoms with Gasteiger partial charge in [0.2, 0.25) is 0 Å². The van der Waals surface area contributed by atoms with Gasteiger partial charge in [0.05, 0.1) is 5.57 Å². The summed E-state index contributed by atoms with van der Waals surface area (Å²) in [7, 11) is 0. The topological polar surface area (TPSA) is 7.94 Å². The Morgan fingerprint density at radius 1 is 1.10 bits per heavy atom. The molecule has 2 aromatic rings. The molecule has 0 fully saturated rings. The van der Waals surface area contributed by atoms with Gasteiger partial charge < -0.3 is 17.6 Å². The molecule has 104 valence electrons. The van der Waals surface area contributed by atoms with Crippen molar-refractivity contribution >= 4 is 18.8 Å². The average molecular weight is 286 g/mol. The van der Waals surface area contributed by atoms with E-state index in [9.17, 15) is 13.0 Å². The summed E-state index contributed by atoms with van der Waals surface area (Å²) >= 11 is 0. The fraction of sp³-hybridized carbons (Fsp3) is 0. The molecular weight excluding hydrogens is 276 g/mol. The predicted octanol–water partition coefficient (Wildman–Crippen LogP) is 3.28. The maximum atomic E-state index is 14.5. The molecule has 0 saturated heterocycles. The zero-order valence-corrected chi connectivity index (χ0v) is 10.9. The van der Waals surface area contributed by atoms with Crippen LogP contribution in [0.15, 0.2) is 60.4 Å². The quantitative estimate of drug-likeness (QED) is 0.711. The number of nitrogens with zero attached hydrogens (tertiary/aromatic N) is 2. The normalized spacial score (nSPS) is 18.5. The summed E-state index contributed by atoms with van der Waals surface area (Å²) in [6.45, 7) is -3.90. The van der Waals surface area contributed by atoms with Crippen molar-refractivity contribution in [3.05, 3.63) is 77.5 Å². The van der Waals surface area contributed by atoms with Crippen LogP contribution in [0.2, 0.25) is 0 Å². The minimum atomic E-state index is -3.90. The summed E-state index contributed by atoms with van der Waals surface area (Å²) in [5.74, 6) is -0.390. The number of rotatable bonds is 1. The van der Waals surface area contributed by atoms with Gasteiger partial charge in [-0.3, -0.25) is 0 Å². The van der Waals surface area contributed by atoms with E-state index in [2.05, 4.69) is 0 Å². The van der Waals surface area contributed by atoms with E-state index in [4.69, 9.17) is 0 Å². The van der Waals surface area contributed by atoms with Crippen LogP contribution in [-0.2, 0) is 0 Å². The fourth-order valence-electron chi connectivity index (χ4n) is 2.96. The van der Waals surface area contributed by atoms with Crippen LogP contribution in [0.4, 0.5) is 13.0 Å². The van der Waals surface area contributed by atoms with E-state index in [1.165, 1.54) is 24.5 Å². The van der Waals surface area contributed by atoms with Gasteiger partial charge in [-0.15, -0.1) is 0 Å². The van der Waals surface area contributed by atoms with Crippen LogP contribution >= 0.6 is 0 Å². The van der Waals surface area contributed by atoms with Crippen molar-refractivity contribution < 1.29 is 17.5 Å². The number of allylic oxidation sites excluding steroid dienone is 2. The molecule has 21 heavy (non-hydrogen) atoms. The number of aromatic nitrogens is 1. The lowest BCUT2D eigenvalue weighted by molar-refractivity contribution is -0.356. The lowest BCUT2D eigenvalue weighted by Crippen LogP contribution is -2.49. The molecule has 2 nitrogen and oxygen atoms in total. The summed E-state index contributed by atoms with van der Waals surface area (Å²) in [6.07, 6.45) is 5.93. The van der Waals surface area contributed by atoms with Crippen molar-refractivity contribution in [2.75, 3.05) is 0 Å². The Balaban J connectivity index is 2.06. The van der Waals surface area contributed by atoms with Crippen LogP contribution in [0.3, 0.4) is 0 Å². The molecule has 1 aromatic heterocycles. The van der Waals surface area contributed by atoms with Crippen LogP contribution in [0, 0.1) is 5.82 Å². The Morgan fingerprint density at radius 3 is 2.76 bits per heavy atom. The molecule has 0 spiro atoms. The third kappa shape index (κ3) is 1.59.